The number of aliphatic hydroxyl groups is 2. The van der Waals surface area contributed by atoms with Crippen molar-refractivity contribution < 1.29 is 58.2 Å². The summed E-state index contributed by atoms with van der Waals surface area (Å²) in [6.45, 7) is 5.75. The van der Waals surface area contributed by atoms with Gasteiger partial charge in [0, 0.05) is 19.3 Å². The number of carbonyl (C=O) groups is 4. The topological polar surface area (TPSA) is 175 Å². The molecule has 12 nitrogen and oxygen atoms in total. The average molecular weight is 997 g/mol. The zero-order chi connectivity index (χ0) is 51.8. The number of carboxylic acid groups (broad SMARTS) is 1. The van der Waals surface area contributed by atoms with Crippen LogP contribution in [-0.4, -0.2) is 89.2 Å². The van der Waals surface area contributed by atoms with E-state index in [1.165, 1.54) is 32.1 Å². The maximum atomic E-state index is 13.1. The smallest absolute Gasteiger partial charge is 0.335 e. The number of carboxylic acids is 1. The molecule has 0 spiro atoms. The van der Waals surface area contributed by atoms with Crippen molar-refractivity contribution >= 4 is 23.9 Å². The van der Waals surface area contributed by atoms with Crippen molar-refractivity contribution in [3.05, 3.63) is 85.1 Å². The first kappa shape index (κ1) is 64.9. The molecule has 1 fully saturated rings. The molecule has 3 N–H and O–H groups in total. The molecule has 404 valence electrons. The first-order valence-corrected chi connectivity index (χ1v) is 27.6. The van der Waals surface area contributed by atoms with Gasteiger partial charge in [-0.15, -0.1) is 0 Å². The van der Waals surface area contributed by atoms with Crippen LogP contribution in [0.15, 0.2) is 85.1 Å². The zero-order valence-electron chi connectivity index (χ0n) is 44.2. The summed E-state index contributed by atoms with van der Waals surface area (Å²) in [6.07, 6.45) is 47.1. The van der Waals surface area contributed by atoms with Crippen LogP contribution in [0.4, 0.5) is 0 Å². The van der Waals surface area contributed by atoms with E-state index >= 15 is 0 Å². The fourth-order valence-electron chi connectivity index (χ4n) is 7.66. The fraction of sp³-hybridized carbons (Fsp3) is 0.695. The zero-order valence-corrected chi connectivity index (χ0v) is 44.2. The number of carbonyl (C=O) groups excluding carboxylic acids is 3. The second-order valence-electron chi connectivity index (χ2n) is 18.5. The van der Waals surface area contributed by atoms with Crippen LogP contribution in [0, 0.1) is 0 Å². The predicted octanol–water partition coefficient (Wildman–Crippen LogP) is 13.6. The number of aliphatic carboxylic acids is 1. The molecule has 0 amide bonds. The Morgan fingerprint density at radius 2 is 0.901 bits per heavy atom. The average Bonchev–Trinajstić information content (AvgIpc) is 3.35. The molecule has 1 saturated heterocycles. The Kier molecular flexibility index (Phi) is 42.9. The summed E-state index contributed by atoms with van der Waals surface area (Å²) in [5.74, 6) is -3.21. The molecule has 0 aromatic rings. The molecule has 6 unspecified atom stereocenters. The van der Waals surface area contributed by atoms with E-state index < -0.39 is 67.3 Å². The Hall–Kier alpha value is -4.10. The molecular weight excluding hydrogens is 901 g/mol. The molecule has 0 aromatic heterocycles. The number of allylic oxidation sites excluding steroid dienone is 14. The van der Waals surface area contributed by atoms with Gasteiger partial charge < -0.3 is 39.0 Å². The lowest BCUT2D eigenvalue weighted by Gasteiger charge is -2.40. The minimum Gasteiger partial charge on any atom is -0.479 e. The summed E-state index contributed by atoms with van der Waals surface area (Å²) in [6, 6.07) is 0. The maximum Gasteiger partial charge on any atom is 0.335 e. The molecule has 1 rings (SSSR count). The van der Waals surface area contributed by atoms with Crippen LogP contribution in [0.1, 0.15) is 213 Å². The molecule has 6 atom stereocenters. The molecular formula is C59H96O12. The first-order valence-electron chi connectivity index (χ1n) is 27.6. The molecule has 0 aliphatic carbocycles. The van der Waals surface area contributed by atoms with Crippen LogP contribution in [0.25, 0.3) is 0 Å². The van der Waals surface area contributed by atoms with Crippen LogP contribution >= 0.6 is 0 Å². The van der Waals surface area contributed by atoms with E-state index in [0.717, 1.165) is 116 Å². The summed E-state index contributed by atoms with van der Waals surface area (Å²) < 4.78 is 28.3. The molecule has 0 radical (unpaired) electrons. The summed E-state index contributed by atoms with van der Waals surface area (Å²) >= 11 is 0. The summed E-state index contributed by atoms with van der Waals surface area (Å²) in [5, 5.41) is 31.4. The third kappa shape index (κ3) is 37.3. The van der Waals surface area contributed by atoms with Crippen molar-refractivity contribution in [1.82, 2.24) is 0 Å². The van der Waals surface area contributed by atoms with E-state index in [9.17, 15) is 34.5 Å². The van der Waals surface area contributed by atoms with Gasteiger partial charge in [-0.1, -0.05) is 170 Å². The highest BCUT2D eigenvalue weighted by Crippen LogP contribution is 2.26. The van der Waals surface area contributed by atoms with Crippen LogP contribution in [0.5, 0.6) is 0 Å². The predicted molar refractivity (Wildman–Crippen MR) is 284 cm³/mol. The van der Waals surface area contributed by atoms with Crippen molar-refractivity contribution in [2.24, 2.45) is 0 Å². The highest BCUT2D eigenvalue weighted by Gasteiger charge is 2.50. The molecule has 1 aliphatic rings. The van der Waals surface area contributed by atoms with Gasteiger partial charge in [0.2, 0.25) is 0 Å². The second kappa shape index (κ2) is 46.9. The highest BCUT2D eigenvalue weighted by molar-refractivity contribution is 5.74. The third-order valence-corrected chi connectivity index (χ3v) is 11.9. The van der Waals surface area contributed by atoms with Crippen molar-refractivity contribution in [3.63, 3.8) is 0 Å². The van der Waals surface area contributed by atoms with Crippen LogP contribution in [0.3, 0.4) is 0 Å². The van der Waals surface area contributed by atoms with E-state index in [1.54, 1.807) is 0 Å². The Labute approximate surface area is 429 Å². The van der Waals surface area contributed by atoms with Gasteiger partial charge in [-0.25, -0.2) is 4.79 Å². The summed E-state index contributed by atoms with van der Waals surface area (Å²) in [4.78, 5) is 50.9. The lowest BCUT2D eigenvalue weighted by molar-refractivity contribution is -0.301. The standard InChI is InChI=1S/C59H96O12/c1-4-7-10-13-16-19-22-24-26-28-31-33-36-39-42-45-51(60)67-48-50(69-52(61)46-43-40-37-34-30-21-18-15-12-9-6-3)49-68-59-57(55(64)54(63)56(71-59)58(65)66)70-53(62)47-44-41-38-35-32-29-27-25-23-20-17-14-11-8-5-2/h8,11,15-20,24-27,32,35,50,54-57,59,63-64H,4-7,9-10,12-14,21-23,28-31,33-34,36-49H2,1-3H3,(H,65,66)/b11-8-,18-15-,19-16-,20-17-,26-24-,27-25-,35-32-. The number of hydrogen-bond donors (Lipinski definition) is 3. The monoisotopic (exact) mass is 997 g/mol. The number of unbranched alkanes of at least 4 members (excludes halogenated alkanes) is 17. The molecule has 0 bridgehead atoms. The minimum absolute atomic E-state index is 0.00289. The highest BCUT2D eigenvalue weighted by atomic mass is 16.7. The Morgan fingerprint density at radius 3 is 1.44 bits per heavy atom. The Bertz CT molecular complexity index is 1560. The fourth-order valence-corrected chi connectivity index (χ4v) is 7.66. The second-order valence-corrected chi connectivity index (χ2v) is 18.5. The Morgan fingerprint density at radius 1 is 0.479 bits per heavy atom. The maximum absolute atomic E-state index is 13.1. The number of ether oxygens (including phenoxy) is 5. The van der Waals surface area contributed by atoms with Gasteiger partial charge in [-0.2, -0.15) is 0 Å². The normalized spacial score (nSPS) is 19.1. The van der Waals surface area contributed by atoms with Gasteiger partial charge in [-0.05, 0) is 109 Å². The van der Waals surface area contributed by atoms with Gasteiger partial charge in [0.25, 0.3) is 0 Å². The first-order chi connectivity index (χ1) is 34.6. The van der Waals surface area contributed by atoms with Crippen molar-refractivity contribution in [2.75, 3.05) is 13.2 Å². The molecule has 71 heavy (non-hydrogen) atoms. The minimum atomic E-state index is -1.92. The van der Waals surface area contributed by atoms with Gasteiger partial charge in [0.1, 0.15) is 18.8 Å². The van der Waals surface area contributed by atoms with Gasteiger partial charge in [0.15, 0.2) is 24.6 Å². The van der Waals surface area contributed by atoms with E-state index in [1.807, 2.05) is 0 Å². The number of hydrogen-bond acceptors (Lipinski definition) is 11. The van der Waals surface area contributed by atoms with Crippen LogP contribution in [0.2, 0.25) is 0 Å². The molecule has 1 heterocycles. The lowest BCUT2D eigenvalue weighted by Crippen LogP contribution is -2.61. The number of rotatable bonds is 45. The van der Waals surface area contributed by atoms with Crippen LogP contribution < -0.4 is 0 Å². The molecule has 1 aliphatic heterocycles. The third-order valence-electron chi connectivity index (χ3n) is 11.9. The van der Waals surface area contributed by atoms with E-state index in [2.05, 4.69) is 106 Å². The van der Waals surface area contributed by atoms with Gasteiger partial charge in [0.05, 0.1) is 6.61 Å². The lowest BCUT2D eigenvalue weighted by atomic mass is 9.98. The van der Waals surface area contributed by atoms with E-state index in [-0.39, 0.29) is 25.9 Å². The van der Waals surface area contributed by atoms with Crippen molar-refractivity contribution in [2.45, 2.75) is 250 Å². The van der Waals surface area contributed by atoms with Gasteiger partial charge in [-0.3, -0.25) is 14.4 Å². The summed E-state index contributed by atoms with van der Waals surface area (Å²) in [7, 11) is 0. The molecule has 12 heteroatoms. The Balaban J connectivity index is 2.75. The van der Waals surface area contributed by atoms with E-state index in [4.69, 9.17) is 23.7 Å². The summed E-state index contributed by atoms with van der Waals surface area (Å²) in [5.41, 5.74) is 0. The van der Waals surface area contributed by atoms with Crippen molar-refractivity contribution in [1.29, 1.82) is 0 Å². The molecule has 0 saturated carbocycles. The van der Waals surface area contributed by atoms with Crippen LogP contribution in [-0.2, 0) is 42.9 Å². The SMILES string of the molecule is CC/C=C\C/C=C\C/C=C\C/C=C\CCCCC(=O)OC1C(OCC(COC(=O)CCCCCCC/C=C\C/C=C\CCCCC)OC(=O)CCCCCCC/C=C\CCCC)OC(C(=O)O)C(O)C1O. The largest absolute Gasteiger partial charge is 0.479 e. The van der Waals surface area contributed by atoms with Gasteiger partial charge >= 0.3 is 23.9 Å². The van der Waals surface area contributed by atoms with E-state index in [0.29, 0.717) is 25.7 Å². The number of aliphatic hydroxyl groups excluding tert-OH is 2. The number of esters is 3. The molecule has 0 aromatic carbocycles. The quantitative estimate of drug-likeness (QED) is 0.0228. The van der Waals surface area contributed by atoms with Crippen molar-refractivity contribution in [3.8, 4) is 0 Å².